The van der Waals surface area contributed by atoms with E-state index >= 15 is 0 Å². The molecule has 3 aromatic rings. The highest BCUT2D eigenvalue weighted by Gasteiger charge is 2.16. The van der Waals surface area contributed by atoms with E-state index < -0.39 is 5.97 Å². The molecule has 3 heteroatoms. The summed E-state index contributed by atoms with van der Waals surface area (Å²) in [6.45, 7) is 1.96. The van der Waals surface area contributed by atoms with Crippen molar-refractivity contribution in [2.24, 2.45) is 0 Å². The van der Waals surface area contributed by atoms with Gasteiger partial charge in [0.2, 0.25) is 0 Å². The van der Waals surface area contributed by atoms with Crippen LogP contribution in [0.4, 0.5) is 0 Å². The Balaban J connectivity index is 1.74. The molecule has 1 aliphatic carbocycles. The minimum Gasteiger partial charge on any atom is -0.478 e. The lowest BCUT2D eigenvalue weighted by Crippen LogP contribution is -2.04. The van der Waals surface area contributed by atoms with Gasteiger partial charge in [0.1, 0.15) is 0 Å². The number of nitrogens with zero attached hydrogens (tertiary/aromatic N) is 1. The topological polar surface area (TPSA) is 50.2 Å². The van der Waals surface area contributed by atoms with E-state index in [4.69, 9.17) is 4.98 Å². The van der Waals surface area contributed by atoms with E-state index in [1.807, 2.05) is 25.1 Å². The molecule has 0 amide bonds. The molecular formula is C23H23NO2. The quantitative estimate of drug-likeness (QED) is 0.637. The minimum absolute atomic E-state index is 0.310. The second-order valence-electron chi connectivity index (χ2n) is 7.34. The molecule has 0 aliphatic heterocycles. The van der Waals surface area contributed by atoms with E-state index in [2.05, 4.69) is 24.3 Å². The van der Waals surface area contributed by atoms with Gasteiger partial charge in [-0.05, 0) is 49.4 Å². The van der Waals surface area contributed by atoms with Gasteiger partial charge in [0.05, 0.1) is 16.8 Å². The number of hydrogen-bond donors (Lipinski definition) is 1. The lowest BCUT2D eigenvalue weighted by Gasteiger charge is -2.22. The molecule has 26 heavy (non-hydrogen) atoms. The Bertz CT molecular complexity index is 954. The number of carbonyl (C=O) groups is 1. The molecule has 1 heterocycles. The largest absolute Gasteiger partial charge is 0.478 e. The molecule has 1 saturated carbocycles. The van der Waals surface area contributed by atoms with Crippen LogP contribution in [0.25, 0.3) is 22.2 Å². The number of rotatable bonds is 3. The number of fused-ring (bicyclic) bond motifs is 1. The molecule has 0 radical (unpaired) electrons. The van der Waals surface area contributed by atoms with Gasteiger partial charge in [-0.2, -0.15) is 0 Å². The normalized spacial score (nSPS) is 15.3. The van der Waals surface area contributed by atoms with Crippen LogP contribution in [0, 0.1) is 6.92 Å². The fourth-order valence-corrected chi connectivity index (χ4v) is 4.03. The molecule has 1 fully saturated rings. The molecule has 4 rings (SSSR count). The predicted molar refractivity (Wildman–Crippen MR) is 105 cm³/mol. The van der Waals surface area contributed by atoms with Crippen molar-refractivity contribution in [2.75, 3.05) is 0 Å². The summed E-state index contributed by atoms with van der Waals surface area (Å²) in [4.78, 5) is 16.5. The van der Waals surface area contributed by atoms with Gasteiger partial charge in [-0.25, -0.2) is 9.78 Å². The van der Waals surface area contributed by atoms with Crippen LogP contribution in [-0.4, -0.2) is 16.1 Å². The summed E-state index contributed by atoms with van der Waals surface area (Å²) < 4.78 is 0. The van der Waals surface area contributed by atoms with Gasteiger partial charge in [-0.15, -0.1) is 0 Å². The van der Waals surface area contributed by atoms with E-state index in [0.29, 0.717) is 22.6 Å². The fourth-order valence-electron chi connectivity index (χ4n) is 4.03. The van der Waals surface area contributed by atoms with Crippen molar-refractivity contribution in [3.63, 3.8) is 0 Å². The smallest absolute Gasteiger partial charge is 0.336 e. The molecule has 3 nitrogen and oxygen atoms in total. The molecule has 132 valence electrons. The van der Waals surface area contributed by atoms with Crippen LogP contribution >= 0.6 is 0 Å². The first kappa shape index (κ1) is 16.8. The van der Waals surface area contributed by atoms with Crippen LogP contribution in [0.5, 0.6) is 0 Å². The van der Waals surface area contributed by atoms with Crippen molar-refractivity contribution in [1.82, 2.24) is 4.98 Å². The maximum absolute atomic E-state index is 11.7. The zero-order valence-corrected chi connectivity index (χ0v) is 15.0. The van der Waals surface area contributed by atoms with Crippen molar-refractivity contribution in [3.05, 3.63) is 65.2 Å². The maximum atomic E-state index is 11.7. The molecule has 2 aromatic carbocycles. The van der Waals surface area contributed by atoms with Crippen LogP contribution in [-0.2, 0) is 0 Å². The summed E-state index contributed by atoms with van der Waals surface area (Å²) in [5.41, 5.74) is 5.14. The Morgan fingerprint density at radius 1 is 1.00 bits per heavy atom. The van der Waals surface area contributed by atoms with Crippen molar-refractivity contribution >= 4 is 16.9 Å². The standard InChI is InChI=1S/C23H23NO2/c1-15-7-12-21-19(13-15)20(23(25)26)14-22(24-21)18-10-8-17(9-11-18)16-5-3-2-4-6-16/h7-14,16H,2-6H2,1H3,(H,25,26). The summed E-state index contributed by atoms with van der Waals surface area (Å²) in [6, 6.07) is 16.0. The van der Waals surface area contributed by atoms with E-state index in [1.54, 1.807) is 6.07 Å². The number of pyridine rings is 1. The second-order valence-corrected chi connectivity index (χ2v) is 7.34. The third-order valence-electron chi connectivity index (χ3n) is 5.48. The minimum atomic E-state index is -0.914. The maximum Gasteiger partial charge on any atom is 0.336 e. The van der Waals surface area contributed by atoms with Crippen molar-refractivity contribution < 1.29 is 9.90 Å². The monoisotopic (exact) mass is 345 g/mol. The lowest BCUT2D eigenvalue weighted by atomic mass is 9.84. The van der Waals surface area contributed by atoms with E-state index in [1.165, 1.54) is 37.7 Å². The number of carboxylic acids is 1. The number of aryl methyl sites for hydroxylation is 1. The van der Waals surface area contributed by atoms with Crippen molar-refractivity contribution in [1.29, 1.82) is 0 Å². The van der Waals surface area contributed by atoms with E-state index in [0.717, 1.165) is 16.6 Å². The van der Waals surface area contributed by atoms with Gasteiger partial charge in [0.15, 0.2) is 0 Å². The van der Waals surface area contributed by atoms with Crippen molar-refractivity contribution in [3.8, 4) is 11.3 Å². The van der Waals surface area contributed by atoms with E-state index in [-0.39, 0.29) is 0 Å². The predicted octanol–water partition coefficient (Wildman–Crippen LogP) is 5.96. The van der Waals surface area contributed by atoms with Gasteiger partial charge in [0.25, 0.3) is 0 Å². The summed E-state index contributed by atoms with van der Waals surface area (Å²) in [7, 11) is 0. The average Bonchev–Trinajstić information content (AvgIpc) is 2.68. The summed E-state index contributed by atoms with van der Waals surface area (Å²) >= 11 is 0. The highest BCUT2D eigenvalue weighted by atomic mass is 16.4. The zero-order chi connectivity index (χ0) is 18.1. The SMILES string of the molecule is Cc1ccc2nc(-c3ccc(C4CCCCC4)cc3)cc(C(=O)O)c2c1. The third kappa shape index (κ3) is 3.22. The first-order valence-corrected chi connectivity index (χ1v) is 9.37. The van der Waals surface area contributed by atoms with Gasteiger partial charge in [-0.3, -0.25) is 0 Å². The molecular weight excluding hydrogens is 322 g/mol. The number of carboxylic acid groups (broad SMARTS) is 1. The van der Waals surface area contributed by atoms with Gasteiger partial charge >= 0.3 is 5.97 Å². The van der Waals surface area contributed by atoms with Crippen molar-refractivity contribution in [2.45, 2.75) is 44.9 Å². The van der Waals surface area contributed by atoms with Gasteiger partial charge in [0, 0.05) is 10.9 Å². The lowest BCUT2D eigenvalue weighted by molar-refractivity contribution is 0.0699. The Hall–Kier alpha value is -2.68. The third-order valence-corrected chi connectivity index (χ3v) is 5.48. The Kier molecular flexibility index (Phi) is 4.46. The molecule has 0 atom stereocenters. The van der Waals surface area contributed by atoms with Crippen LogP contribution in [0.2, 0.25) is 0 Å². The first-order chi connectivity index (χ1) is 12.6. The molecule has 0 unspecified atom stereocenters. The second kappa shape index (κ2) is 6.91. The fraction of sp³-hybridized carbons (Fsp3) is 0.304. The van der Waals surface area contributed by atoms with Crippen LogP contribution in [0.1, 0.15) is 59.5 Å². The van der Waals surface area contributed by atoms with E-state index in [9.17, 15) is 9.90 Å². The summed E-state index contributed by atoms with van der Waals surface area (Å²) in [6.07, 6.45) is 6.54. The van der Waals surface area contributed by atoms with Gasteiger partial charge < -0.3 is 5.11 Å². The Morgan fingerprint density at radius 2 is 1.73 bits per heavy atom. The number of aromatic carboxylic acids is 1. The average molecular weight is 345 g/mol. The highest BCUT2D eigenvalue weighted by Crippen LogP contribution is 2.34. The van der Waals surface area contributed by atoms with Crippen LogP contribution in [0.3, 0.4) is 0 Å². The first-order valence-electron chi connectivity index (χ1n) is 9.37. The van der Waals surface area contributed by atoms with Crippen LogP contribution < -0.4 is 0 Å². The highest BCUT2D eigenvalue weighted by molar-refractivity contribution is 6.03. The number of benzene rings is 2. The summed E-state index contributed by atoms with van der Waals surface area (Å²) in [5.74, 6) is -0.247. The Labute approximate surface area is 153 Å². The summed E-state index contributed by atoms with van der Waals surface area (Å²) in [5, 5.41) is 10.3. The Morgan fingerprint density at radius 3 is 2.42 bits per heavy atom. The molecule has 0 saturated heterocycles. The molecule has 0 bridgehead atoms. The zero-order valence-electron chi connectivity index (χ0n) is 15.0. The number of aromatic nitrogens is 1. The van der Waals surface area contributed by atoms with Crippen LogP contribution in [0.15, 0.2) is 48.5 Å². The molecule has 1 aliphatic rings. The van der Waals surface area contributed by atoms with Gasteiger partial charge in [-0.1, -0.05) is 55.2 Å². The number of hydrogen-bond acceptors (Lipinski definition) is 2. The molecule has 1 N–H and O–H groups in total. The molecule has 1 aromatic heterocycles. The molecule has 0 spiro atoms.